The minimum absolute atomic E-state index is 0.215. The van der Waals surface area contributed by atoms with Gasteiger partial charge in [-0.2, -0.15) is 0 Å². The monoisotopic (exact) mass is 319 g/mol. The highest BCUT2D eigenvalue weighted by Gasteiger charge is 2.06. The third kappa shape index (κ3) is 5.15. The van der Waals surface area contributed by atoms with Gasteiger partial charge in [-0.05, 0) is 42.5 Å². The summed E-state index contributed by atoms with van der Waals surface area (Å²) >= 11 is 1.78. The fourth-order valence-corrected chi connectivity index (χ4v) is 2.76. The van der Waals surface area contributed by atoms with Crippen LogP contribution < -0.4 is 5.32 Å². The smallest absolute Gasteiger partial charge is 0.193 e. The molecule has 0 aliphatic carbocycles. The topological polar surface area (TPSA) is 27.6 Å². The van der Waals surface area contributed by atoms with Crippen LogP contribution >= 0.6 is 11.3 Å². The Bertz CT molecular complexity index is 578. The predicted molar refractivity (Wildman–Crippen MR) is 91.9 cm³/mol. The summed E-state index contributed by atoms with van der Waals surface area (Å²) in [5, 5.41) is 5.40. The lowest BCUT2D eigenvalue weighted by molar-refractivity contribution is 0.486. The molecular weight excluding hydrogens is 297 g/mol. The summed E-state index contributed by atoms with van der Waals surface area (Å²) < 4.78 is 12.9. The zero-order valence-electron chi connectivity index (χ0n) is 13.1. The molecule has 0 atom stereocenters. The maximum atomic E-state index is 12.9. The van der Waals surface area contributed by atoms with E-state index in [0.29, 0.717) is 6.54 Å². The van der Waals surface area contributed by atoms with Gasteiger partial charge in [-0.3, -0.25) is 0 Å². The van der Waals surface area contributed by atoms with Gasteiger partial charge in [0.2, 0.25) is 0 Å². The Kier molecular flexibility index (Phi) is 6.40. The van der Waals surface area contributed by atoms with Crippen molar-refractivity contribution in [3.63, 3.8) is 0 Å². The lowest BCUT2D eigenvalue weighted by atomic mass is 10.2. The first-order chi connectivity index (χ1) is 10.7. The van der Waals surface area contributed by atoms with Crippen LogP contribution in [0.5, 0.6) is 0 Å². The van der Waals surface area contributed by atoms with Gasteiger partial charge in [0, 0.05) is 25.0 Å². The zero-order chi connectivity index (χ0) is 15.8. The van der Waals surface area contributed by atoms with Crippen molar-refractivity contribution < 1.29 is 4.39 Å². The molecule has 1 aromatic carbocycles. The number of nitrogens with one attached hydrogen (secondary N) is 1. The van der Waals surface area contributed by atoms with E-state index in [4.69, 9.17) is 0 Å². The molecule has 0 fully saturated rings. The largest absolute Gasteiger partial charge is 0.357 e. The second-order valence-corrected chi connectivity index (χ2v) is 6.08. The summed E-state index contributed by atoms with van der Waals surface area (Å²) in [6.07, 6.45) is 1.01. The normalized spacial score (nSPS) is 11.5. The molecule has 0 amide bonds. The standard InChI is InChI=1S/C17H22FN3S/c1-3-19-17(20-13-14-6-8-15(18)9-7-14)21(2)11-10-16-5-4-12-22-16/h4-9,12H,3,10-11,13H2,1-2H3,(H,19,20). The number of nitrogens with zero attached hydrogens (tertiary/aromatic N) is 2. The van der Waals surface area contributed by atoms with Gasteiger partial charge >= 0.3 is 0 Å². The molecule has 0 spiro atoms. The molecule has 0 saturated carbocycles. The molecule has 0 bridgehead atoms. The van der Waals surface area contributed by atoms with Gasteiger partial charge in [0.25, 0.3) is 0 Å². The second-order valence-electron chi connectivity index (χ2n) is 5.05. The Labute approximate surface area is 135 Å². The van der Waals surface area contributed by atoms with Crippen molar-refractivity contribution in [3.05, 3.63) is 58.0 Å². The van der Waals surface area contributed by atoms with Gasteiger partial charge in [0.05, 0.1) is 6.54 Å². The number of hydrogen-bond donors (Lipinski definition) is 1. The molecule has 0 aliphatic heterocycles. The molecule has 2 aromatic rings. The highest BCUT2D eigenvalue weighted by atomic mass is 32.1. The summed E-state index contributed by atoms with van der Waals surface area (Å²) in [5.74, 6) is 0.663. The first-order valence-electron chi connectivity index (χ1n) is 7.45. The molecule has 0 aliphatic rings. The van der Waals surface area contributed by atoms with Gasteiger partial charge < -0.3 is 10.2 Å². The summed E-state index contributed by atoms with van der Waals surface area (Å²) in [4.78, 5) is 8.13. The first kappa shape index (κ1) is 16.5. The molecule has 0 unspecified atom stereocenters. The molecule has 1 N–H and O–H groups in total. The van der Waals surface area contributed by atoms with Crippen molar-refractivity contribution in [2.24, 2.45) is 4.99 Å². The molecule has 22 heavy (non-hydrogen) atoms. The fraction of sp³-hybridized carbons (Fsp3) is 0.353. The van der Waals surface area contributed by atoms with E-state index in [9.17, 15) is 4.39 Å². The predicted octanol–water partition coefficient (Wildman–Crippen LogP) is 3.53. The summed E-state index contributed by atoms with van der Waals surface area (Å²) in [6.45, 7) is 4.34. The molecule has 1 aromatic heterocycles. The number of halogens is 1. The van der Waals surface area contributed by atoms with Crippen molar-refractivity contribution in [2.75, 3.05) is 20.1 Å². The van der Waals surface area contributed by atoms with E-state index in [0.717, 1.165) is 31.0 Å². The van der Waals surface area contributed by atoms with Crippen LogP contribution in [0, 0.1) is 5.82 Å². The number of likely N-dealkylation sites (N-methyl/N-ethyl adjacent to an activating group) is 1. The van der Waals surface area contributed by atoms with Gasteiger partial charge in [-0.15, -0.1) is 11.3 Å². The van der Waals surface area contributed by atoms with Crippen LogP contribution in [0.4, 0.5) is 4.39 Å². The fourth-order valence-electron chi connectivity index (χ4n) is 2.06. The van der Waals surface area contributed by atoms with Crippen LogP contribution in [-0.4, -0.2) is 31.0 Å². The maximum absolute atomic E-state index is 12.9. The van der Waals surface area contributed by atoms with E-state index < -0.39 is 0 Å². The van der Waals surface area contributed by atoms with Crippen LogP contribution in [0.15, 0.2) is 46.8 Å². The number of guanidine groups is 1. The van der Waals surface area contributed by atoms with Crippen LogP contribution in [-0.2, 0) is 13.0 Å². The molecule has 118 valence electrons. The molecular formula is C17H22FN3S. The van der Waals surface area contributed by atoms with Crippen molar-refractivity contribution in [3.8, 4) is 0 Å². The third-order valence-electron chi connectivity index (χ3n) is 3.29. The van der Waals surface area contributed by atoms with Gasteiger partial charge in [0.1, 0.15) is 5.82 Å². The van der Waals surface area contributed by atoms with E-state index in [2.05, 4.69) is 39.6 Å². The number of aliphatic imine (C=N–C) groups is 1. The number of hydrogen-bond acceptors (Lipinski definition) is 2. The Morgan fingerprint density at radius 1 is 1.27 bits per heavy atom. The van der Waals surface area contributed by atoms with Gasteiger partial charge in [-0.25, -0.2) is 9.38 Å². The molecule has 1 heterocycles. The SMILES string of the molecule is CCNC(=NCc1ccc(F)cc1)N(C)CCc1cccs1. The summed E-state index contributed by atoms with van der Waals surface area (Å²) in [7, 11) is 2.04. The van der Waals surface area contributed by atoms with Crippen LogP contribution in [0.2, 0.25) is 0 Å². The zero-order valence-corrected chi connectivity index (χ0v) is 13.9. The van der Waals surface area contributed by atoms with Crippen LogP contribution in [0.1, 0.15) is 17.4 Å². The van der Waals surface area contributed by atoms with E-state index in [1.807, 2.05) is 7.05 Å². The van der Waals surface area contributed by atoms with E-state index in [-0.39, 0.29) is 5.82 Å². The number of thiophene rings is 1. The Morgan fingerprint density at radius 3 is 2.68 bits per heavy atom. The molecule has 2 rings (SSSR count). The van der Waals surface area contributed by atoms with E-state index >= 15 is 0 Å². The lowest BCUT2D eigenvalue weighted by Crippen LogP contribution is -2.39. The molecule has 3 nitrogen and oxygen atoms in total. The summed E-state index contributed by atoms with van der Waals surface area (Å²) in [5.41, 5.74) is 1.00. The quantitative estimate of drug-likeness (QED) is 0.651. The van der Waals surface area contributed by atoms with Gasteiger partial charge in [-0.1, -0.05) is 18.2 Å². The molecule has 0 saturated heterocycles. The Hall–Kier alpha value is -1.88. The maximum Gasteiger partial charge on any atom is 0.193 e. The second kappa shape index (κ2) is 8.54. The number of rotatable bonds is 6. The first-order valence-corrected chi connectivity index (χ1v) is 8.33. The average Bonchev–Trinajstić information content (AvgIpc) is 3.04. The minimum atomic E-state index is -0.215. The molecule has 5 heteroatoms. The van der Waals surface area contributed by atoms with Crippen molar-refractivity contribution in [1.82, 2.24) is 10.2 Å². The van der Waals surface area contributed by atoms with Gasteiger partial charge in [0.15, 0.2) is 5.96 Å². The van der Waals surface area contributed by atoms with Crippen molar-refractivity contribution in [2.45, 2.75) is 19.9 Å². The lowest BCUT2D eigenvalue weighted by Gasteiger charge is -2.21. The van der Waals surface area contributed by atoms with Crippen molar-refractivity contribution >= 4 is 17.3 Å². The van der Waals surface area contributed by atoms with E-state index in [1.165, 1.54) is 17.0 Å². The average molecular weight is 319 g/mol. The molecule has 0 radical (unpaired) electrons. The summed E-state index contributed by atoms with van der Waals surface area (Å²) in [6, 6.07) is 10.7. The minimum Gasteiger partial charge on any atom is -0.357 e. The van der Waals surface area contributed by atoms with Crippen LogP contribution in [0.25, 0.3) is 0 Å². The third-order valence-corrected chi connectivity index (χ3v) is 4.23. The number of benzene rings is 1. The Balaban J connectivity index is 1.94. The van der Waals surface area contributed by atoms with Crippen LogP contribution in [0.3, 0.4) is 0 Å². The highest BCUT2D eigenvalue weighted by molar-refractivity contribution is 7.09. The van der Waals surface area contributed by atoms with E-state index in [1.54, 1.807) is 23.5 Å². The Morgan fingerprint density at radius 2 is 2.05 bits per heavy atom. The van der Waals surface area contributed by atoms with Crippen molar-refractivity contribution in [1.29, 1.82) is 0 Å². The highest BCUT2D eigenvalue weighted by Crippen LogP contribution is 2.10.